The van der Waals surface area contributed by atoms with Gasteiger partial charge in [-0.2, -0.15) is 0 Å². The minimum Gasteiger partial charge on any atom is -0.395 e. The lowest BCUT2D eigenvalue weighted by Crippen LogP contribution is -2.40. The van der Waals surface area contributed by atoms with E-state index in [-0.39, 0.29) is 18.6 Å². The summed E-state index contributed by atoms with van der Waals surface area (Å²) in [6.45, 7) is 0.999. The highest BCUT2D eigenvalue weighted by atomic mass is 16.3. The van der Waals surface area contributed by atoms with Crippen molar-refractivity contribution in [2.45, 2.75) is 18.9 Å². The zero-order valence-corrected chi connectivity index (χ0v) is 5.92. The summed E-state index contributed by atoms with van der Waals surface area (Å²) in [6, 6.07) is 0.143. The summed E-state index contributed by atoms with van der Waals surface area (Å²) in [5, 5.41) is 11.9. The molecular weight excluding hydrogens is 130 g/mol. The van der Waals surface area contributed by atoms with Crippen LogP contribution in [-0.4, -0.2) is 30.6 Å². The summed E-state index contributed by atoms with van der Waals surface area (Å²) in [7, 11) is 0. The van der Waals surface area contributed by atoms with E-state index in [1.807, 2.05) is 0 Å². The average Bonchev–Trinajstić information content (AvgIpc) is 2.05. The van der Waals surface area contributed by atoms with E-state index in [0.717, 1.165) is 25.7 Å². The van der Waals surface area contributed by atoms with Crippen LogP contribution in [0.1, 0.15) is 12.8 Å². The van der Waals surface area contributed by atoms with Gasteiger partial charge in [-0.05, 0) is 19.4 Å². The number of aldehydes is 1. The zero-order valence-electron chi connectivity index (χ0n) is 5.92. The maximum Gasteiger partial charge on any atom is 0.123 e. The average molecular weight is 143 g/mol. The van der Waals surface area contributed by atoms with Gasteiger partial charge in [0.1, 0.15) is 6.29 Å². The molecule has 2 unspecified atom stereocenters. The first-order chi connectivity index (χ1) is 4.86. The van der Waals surface area contributed by atoms with E-state index in [4.69, 9.17) is 5.11 Å². The molecule has 1 aliphatic rings. The third-order valence-electron chi connectivity index (χ3n) is 1.95. The molecule has 1 heterocycles. The minimum absolute atomic E-state index is 0.143. The molecule has 1 saturated heterocycles. The molecule has 10 heavy (non-hydrogen) atoms. The van der Waals surface area contributed by atoms with Crippen LogP contribution >= 0.6 is 0 Å². The Morgan fingerprint density at radius 3 is 3.10 bits per heavy atom. The lowest BCUT2D eigenvalue weighted by atomic mass is 9.94. The maximum atomic E-state index is 10.3. The van der Waals surface area contributed by atoms with Crippen molar-refractivity contribution < 1.29 is 9.90 Å². The third kappa shape index (κ3) is 1.78. The molecule has 1 rings (SSSR count). The molecule has 0 radical (unpaired) electrons. The van der Waals surface area contributed by atoms with Gasteiger partial charge in [0.15, 0.2) is 0 Å². The molecule has 3 nitrogen and oxygen atoms in total. The van der Waals surface area contributed by atoms with Gasteiger partial charge in [0.2, 0.25) is 0 Å². The molecule has 3 heteroatoms. The van der Waals surface area contributed by atoms with Crippen molar-refractivity contribution in [1.82, 2.24) is 5.32 Å². The molecule has 0 amide bonds. The van der Waals surface area contributed by atoms with E-state index in [0.29, 0.717) is 0 Å². The lowest BCUT2D eigenvalue weighted by Gasteiger charge is -2.25. The summed E-state index contributed by atoms with van der Waals surface area (Å²) < 4.78 is 0. The fourth-order valence-corrected chi connectivity index (χ4v) is 1.30. The summed E-state index contributed by atoms with van der Waals surface area (Å²) in [5.41, 5.74) is 0. The van der Waals surface area contributed by atoms with E-state index < -0.39 is 0 Å². The Labute approximate surface area is 60.4 Å². The molecule has 1 aliphatic heterocycles. The van der Waals surface area contributed by atoms with Crippen molar-refractivity contribution in [2.24, 2.45) is 5.92 Å². The van der Waals surface area contributed by atoms with Gasteiger partial charge in [-0.1, -0.05) is 0 Å². The van der Waals surface area contributed by atoms with Crippen molar-refractivity contribution in [3.8, 4) is 0 Å². The van der Waals surface area contributed by atoms with Gasteiger partial charge in [0.05, 0.1) is 6.61 Å². The molecule has 0 aliphatic carbocycles. The summed E-state index contributed by atoms with van der Waals surface area (Å²) >= 11 is 0. The lowest BCUT2D eigenvalue weighted by molar-refractivity contribution is -0.112. The standard InChI is InChI=1S/C7H13NO2/c9-4-6-1-2-8-7(3-6)5-10/h4,6-8,10H,1-3,5H2. The fourth-order valence-electron chi connectivity index (χ4n) is 1.30. The number of carbonyl (C=O) groups excluding carboxylic acids is 1. The van der Waals surface area contributed by atoms with E-state index in [2.05, 4.69) is 5.32 Å². The van der Waals surface area contributed by atoms with Crippen LogP contribution in [0.5, 0.6) is 0 Å². The van der Waals surface area contributed by atoms with Crippen molar-refractivity contribution in [1.29, 1.82) is 0 Å². The Balaban J connectivity index is 2.31. The van der Waals surface area contributed by atoms with Crippen molar-refractivity contribution in [2.75, 3.05) is 13.2 Å². The SMILES string of the molecule is O=CC1CCNC(CO)C1. The van der Waals surface area contributed by atoms with Crippen LogP contribution in [0.3, 0.4) is 0 Å². The molecule has 2 atom stereocenters. The first-order valence-corrected chi connectivity index (χ1v) is 3.66. The van der Waals surface area contributed by atoms with Gasteiger partial charge in [0.25, 0.3) is 0 Å². The second-order valence-corrected chi connectivity index (χ2v) is 2.75. The molecule has 0 aromatic heterocycles. The quantitative estimate of drug-likeness (QED) is 0.514. The zero-order chi connectivity index (χ0) is 7.40. The second kappa shape index (κ2) is 3.68. The van der Waals surface area contributed by atoms with Crippen LogP contribution in [0.2, 0.25) is 0 Å². The second-order valence-electron chi connectivity index (χ2n) is 2.75. The third-order valence-corrected chi connectivity index (χ3v) is 1.95. The molecule has 0 spiro atoms. The predicted molar refractivity (Wildman–Crippen MR) is 37.7 cm³/mol. The highest BCUT2D eigenvalue weighted by Gasteiger charge is 2.19. The van der Waals surface area contributed by atoms with Crippen LogP contribution in [0.4, 0.5) is 0 Å². The van der Waals surface area contributed by atoms with Crippen molar-refractivity contribution in [3.05, 3.63) is 0 Å². The van der Waals surface area contributed by atoms with Crippen LogP contribution < -0.4 is 5.32 Å². The summed E-state index contributed by atoms with van der Waals surface area (Å²) in [5.74, 6) is 0.165. The van der Waals surface area contributed by atoms with Gasteiger partial charge >= 0.3 is 0 Å². The Morgan fingerprint density at radius 2 is 2.50 bits per heavy atom. The highest BCUT2D eigenvalue weighted by Crippen LogP contribution is 2.12. The number of nitrogens with one attached hydrogen (secondary N) is 1. The van der Waals surface area contributed by atoms with E-state index >= 15 is 0 Å². The van der Waals surface area contributed by atoms with Gasteiger partial charge in [-0.25, -0.2) is 0 Å². The number of hydrogen-bond acceptors (Lipinski definition) is 3. The Morgan fingerprint density at radius 1 is 1.70 bits per heavy atom. The van der Waals surface area contributed by atoms with Crippen molar-refractivity contribution >= 4 is 6.29 Å². The van der Waals surface area contributed by atoms with Crippen LogP contribution in [0.15, 0.2) is 0 Å². The number of aliphatic hydroxyl groups is 1. The van der Waals surface area contributed by atoms with Crippen LogP contribution in [0.25, 0.3) is 0 Å². The molecular formula is C7H13NO2. The maximum absolute atomic E-state index is 10.3. The number of piperidine rings is 1. The normalized spacial score (nSPS) is 33.7. The Hall–Kier alpha value is -0.410. The van der Waals surface area contributed by atoms with Gasteiger partial charge < -0.3 is 15.2 Å². The number of carbonyl (C=O) groups is 1. The van der Waals surface area contributed by atoms with E-state index in [9.17, 15) is 4.79 Å². The smallest absolute Gasteiger partial charge is 0.123 e. The van der Waals surface area contributed by atoms with E-state index in [1.54, 1.807) is 0 Å². The monoisotopic (exact) mass is 143 g/mol. The van der Waals surface area contributed by atoms with Crippen molar-refractivity contribution in [3.63, 3.8) is 0 Å². The van der Waals surface area contributed by atoms with Gasteiger partial charge in [-0.3, -0.25) is 0 Å². The first-order valence-electron chi connectivity index (χ1n) is 3.66. The van der Waals surface area contributed by atoms with Crippen LogP contribution in [-0.2, 0) is 4.79 Å². The number of hydrogen-bond donors (Lipinski definition) is 2. The molecule has 2 N–H and O–H groups in total. The Kier molecular flexibility index (Phi) is 2.83. The number of rotatable bonds is 2. The summed E-state index contributed by atoms with van der Waals surface area (Å²) in [4.78, 5) is 10.3. The predicted octanol–water partition coefficient (Wildman–Crippen LogP) is -0.454. The molecule has 0 aromatic carbocycles. The van der Waals surface area contributed by atoms with Crippen LogP contribution in [0, 0.1) is 5.92 Å². The number of aliphatic hydroxyl groups excluding tert-OH is 1. The summed E-state index contributed by atoms with van der Waals surface area (Å²) in [6.07, 6.45) is 2.70. The largest absolute Gasteiger partial charge is 0.395 e. The molecule has 1 fully saturated rings. The van der Waals surface area contributed by atoms with Gasteiger partial charge in [0, 0.05) is 12.0 Å². The topological polar surface area (TPSA) is 49.3 Å². The highest BCUT2D eigenvalue weighted by molar-refractivity contribution is 5.53. The van der Waals surface area contributed by atoms with E-state index in [1.165, 1.54) is 0 Å². The molecule has 0 aromatic rings. The minimum atomic E-state index is 0.143. The molecule has 58 valence electrons. The first kappa shape index (κ1) is 7.69. The fraction of sp³-hybridized carbons (Fsp3) is 0.857. The Bertz CT molecular complexity index is 116. The molecule has 0 saturated carbocycles. The van der Waals surface area contributed by atoms with Gasteiger partial charge in [-0.15, -0.1) is 0 Å². The molecule has 0 bridgehead atoms.